The van der Waals surface area contributed by atoms with Gasteiger partial charge in [0.05, 0.1) is 0 Å². The Kier molecular flexibility index (Phi) is 3.62. The second-order valence-electron chi connectivity index (χ2n) is 5.11. The highest BCUT2D eigenvalue weighted by atomic mass is 35.5. The van der Waals surface area contributed by atoms with E-state index < -0.39 is 0 Å². The normalized spacial score (nSPS) is 24.1. The average molecular weight is 280 g/mol. The zero-order chi connectivity index (χ0) is 13.2. The molecule has 1 aromatic carbocycles. The summed E-state index contributed by atoms with van der Waals surface area (Å²) < 4.78 is 0. The van der Waals surface area contributed by atoms with E-state index >= 15 is 0 Å². The minimum Gasteiger partial charge on any atom is -0.318 e. The van der Waals surface area contributed by atoms with Gasteiger partial charge in [0, 0.05) is 36.4 Å². The summed E-state index contributed by atoms with van der Waals surface area (Å²) in [4.78, 5) is 16.3. The molecule has 2 fully saturated rings. The lowest BCUT2D eigenvalue weighted by Gasteiger charge is -2.31. The number of benzene rings is 1. The molecule has 0 radical (unpaired) electrons. The predicted octanol–water partition coefficient (Wildman–Crippen LogP) is 2.33. The highest BCUT2D eigenvalue weighted by Gasteiger charge is 2.34. The number of nitrogens with zero attached hydrogens (tertiary/aromatic N) is 2. The van der Waals surface area contributed by atoms with Crippen molar-refractivity contribution in [1.29, 1.82) is 0 Å². The lowest BCUT2D eigenvalue weighted by atomic mass is 10.1. The van der Waals surface area contributed by atoms with E-state index in [4.69, 9.17) is 11.6 Å². The highest BCUT2D eigenvalue weighted by Crippen LogP contribution is 2.25. The minimum atomic E-state index is 0.107. The molecule has 1 N–H and O–H groups in total. The van der Waals surface area contributed by atoms with E-state index in [-0.39, 0.29) is 6.03 Å². The van der Waals surface area contributed by atoms with Crippen molar-refractivity contribution in [3.8, 4) is 0 Å². The summed E-state index contributed by atoms with van der Waals surface area (Å²) in [6.45, 7) is 3.53. The van der Waals surface area contributed by atoms with Crippen molar-refractivity contribution in [2.24, 2.45) is 0 Å². The van der Waals surface area contributed by atoms with Crippen molar-refractivity contribution in [3.63, 3.8) is 0 Å². The van der Waals surface area contributed by atoms with Crippen molar-refractivity contribution < 1.29 is 4.79 Å². The molecule has 2 aliphatic heterocycles. The molecular formula is C14H18ClN3O. The van der Waals surface area contributed by atoms with E-state index in [0.29, 0.717) is 11.1 Å². The van der Waals surface area contributed by atoms with Crippen LogP contribution in [0.5, 0.6) is 0 Å². The van der Waals surface area contributed by atoms with Crippen molar-refractivity contribution in [2.75, 3.05) is 31.1 Å². The number of urea groups is 1. The van der Waals surface area contributed by atoms with E-state index in [2.05, 4.69) is 5.32 Å². The lowest BCUT2D eigenvalue weighted by Crippen LogP contribution is -2.47. The minimum absolute atomic E-state index is 0.107. The van der Waals surface area contributed by atoms with Gasteiger partial charge in [-0.1, -0.05) is 17.7 Å². The van der Waals surface area contributed by atoms with Gasteiger partial charge in [0.1, 0.15) is 0 Å². The maximum absolute atomic E-state index is 12.5. The number of amides is 2. The molecule has 1 aromatic rings. The molecule has 2 aliphatic rings. The summed E-state index contributed by atoms with van der Waals surface area (Å²) in [7, 11) is 0. The summed E-state index contributed by atoms with van der Waals surface area (Å²) >= 11 is 5.99. The molecule has 0 saturated carbocycles. The largest absolute Gasteiger partial charge is 0.324 e. The number of carbonyl (C=O) groups is 1. The molecule has 4 nitrogen and oxygen atoms in total. The van der Waals surface area contributed by atoms with Crippen LogP contribution in [0.1, 0.15) is 12.8 Å². The smallest absolute Gasteiger partial charge is 0.318 e. The summed E-state index contributed by atoms with van der Waals surface area (Å²) in [5, 5.41) is 4.03. The van der Waals surface area contributed by atoms with Crippen LogP contribution < -0.4 is 10.2 Å². The highest BCUT2D eigenvalue weighted by molar-refractivity contribution is 6.30. The van der Waals surface area contributed by atoms with Gasteiger partial charge >= 0.3 is 6.03 Å². The third-order valence-corrected chi connectivity index (χ3v) is 4.11. The number of hydrogen-bond donors (Lipinski definition) is 1. The first-order chi connectivity index (χ1) is 9.25. The molecule has 3 rings (SSSR count). The van der Waals surface area contributed by atoms with Gasteiger partial charge in [0.15, 0.2) is 0 Å². The van der Waals surface area contributed by atoms with Gasteiger partial charge in [-0.2, -0.15) is 0 Å². The SMILES string of the molecule is O=C1N(c2cccc(Cl)c2)CCN1[C@@H]1CCCNC1. The molecule has 0 bridgehead atoms. The van der Waals surface area contributed by atoms with E-state index in [1.54, 1.807) is 0 Å². The van der Waals surface area contributed by atoms with Gasteiger partial charge < -0.3 is 10.2 Å². The molecule has 2 amide bonds. The fraction of sp³-hybridized carbons (Fsp3) is 0.500. The molecule has 0 unspecified atom stereocenters. The Bertz CT molecular complexity index is 474. The van der Waals surface area contributed by atoms with Crippen molar-refractivity contribution in [3.05, 3.63) is 29.3 Å². The first-order valence-electron chi connectivity index (χ1n) is 6.80. The molecule has 102 valence electrons. The van der Waals surface area contributed by atoms with Crippen molar-refractivity contribution in [1.82, 2.24) is 10.2 Å². The van der Waals surface area contributed by atoms with Crippen LogP contribution >= 0.6 is 11.6 Å². The Morgan fingerprint density at radius 2 is 2.21 bits per heavy atom. The molecule has 2 saturated heterocycles. The summed E-state index contributed by atoms with van der Waals surface area (Å²) in [6, 6.07) is 7.94. The Hall–Kier alpha value is -1.26. The molecule has 0 aliphatic carbocycles. The number of rotatable bonds is 2. The van der Waals surface area contributed by atoms with Gasteiger partial charge in [-0.15, -0.1) is 0 Å². The summed E-state index contributed by atoms with van der Waals surface area (Å²) in [5.74, 6) is 0. The molecule has 19 heavy (non-hydrogen) atoms. The first-order valence-corrected chi connectivity index (χ1v) is 7.18. The lowest BCUT2D eigenvalue weighted by molar-refractivity contribution is 0.187. The van der Waals surface area contributed by atoms with Crippen LogP contribution in [0.2, 0.25) is 5.02 Å². The Morgan fingerprint density at radius 1 is 1.32 bits per heavy atom. The Morgan fingerprint density at radius 3 is 2.95 bits per heavy atom. The van der Waals surface area contributed by atoms with Crippen LogP contribution in [0.15, 0.2) is 24.3 Å². The van der Waals surface area contributed by atoms with Gasteiger partial charge in [-0.25, -0.2) is 4.79 Å². The number of nitrogens with one attached hydrogen (secondary N) is 1. The van der Waals surface area contributed by atoms with Crippen LogP contribution in [0.3, 0.4) is 0 Å². The molecule has 1 atom stereocenters. The predicted molar refractivity (Wildman–Crippen MR) is 76.8 cm³/mol. The Balaban J connectivity index is 1.74. The van der Waals surface area contributed by atoms with Gasteiger partial charge in [0.2, 0.25) is 0 Å². The number of anilines is 1. The van der Waals surface area contributed by atoms with E-state index in [0.717, 1.165) is 44.7 Å². The van der Waals surface area contributed by atoms with Crippen molar-refractivity contribution >= 4 is 23.3 Å². The second-order valence-corrected chi connectivity index (χ2v) is 5.54. The summed E-state index contributed by atoms with van der Waals surface area (Å²) in [6.07, 6.45) is 2.24. The molecule has 0 spiro atoms. The number of piperidine rings is 1. The zero-order valence-corrected chi connectivity index (χ0v) is 11.6. The Labute approximate surface area is 118 Å². The number of carbonyl (C=O) groups excluding carboxylic acids is 1. The zero-order valence-electron chi connectivity index (χ0n) is 10.8. The topological polar surface area (TPSA) is 35.6 Å². The van der Waals surface area contributed by atoms with Crippen LogP contribution in [-0.4, -0.2) is 43.2 Å². The standard InChI is InChI=1S/C14H18ClN3O/c15-11-3-1-4-12(9-11)17-7-8-18(14(17)19)13-5-2-6-16-10-13/h1,3-4,9,13,16H,2,5-8,10H2/t13-/m1/s1. The van der Waals surface area contributed by atoms with E-state index in [9.17, 15) is 4.79 Å². The third-order valence-electron chi connectivity index (χ3n) is 3.87. The van der Waals surface area contributed by atoms with Crippen LogP contribution in [0.4, 0.5) is 10.5 Å². The molecule has 0 aromatic heterocycles. The third kappa shape index (κ3) is 2.55. The summed E-state index contributed by atoms with van der Waals surface area (Å²) in [5.41, 5.74) is 0.892. The fourth-order valence-electron chi connectivity index (χ4n) is 2.88. The number of halogens is 1. The van der Waals surface area contributed by atoms with Crippen LogP contribution in [0, 0.1) is 0 Å². The van der Waals surface area contributed by atoms with Gasteiger partial charge in [-0.05, 0) is 37.6 Å². The van der Waals surface area contributed by atoms with Crippen molar-refractivity contribution in [2.45, 2.75) is 18.9 Å². The maximum atomic E-state index is 12.5. The maximum Gasteiger partial charge on any atom is 0.324 e. The molecule has 2 heterocycles. The second kappa shape index (κ2) is 5.39. The molecule has 5 heteroatoms. The van der Waals surface area contributed by atoms with Crippen LogP contribution in [-0.2, 0) is 0 Å². The quantitative estimate of drug-likeness (QED) is 0.902. The monoisotopic (exact) mass is 279 g/mol. The average Bonchev–Trinajstić information content (AvgIpc) is 2.81. The fourth-order valence-corrected chi connectivity index (χ4v) is 3.06. The van der Waals surface area contributed by atoms with E-state index in [1.807, 2.05) is 34.1 Å². The number of hydrogen-bond acceptors (Lipinski definition) is 2. The van der Waals surface area contributed by atoms with Gasteiger partial charge in [-0.3, -0.25) is 4.90 Å². The molecular weight excluding hydrogens is 262 g/mol. The van der Waals surface area contributed by atoms with Gasteiger partial charge in [0.25, 0.3) is 0 Å². The van der Waals surface area contributed by atoms with E-state index in [1.165, 1.54) is 0 Å². The first kappa shape index (κ1) is 12.8. The van der Waals surface area contributed by atoms with Crippen LogP contribution in [0.25, 0.3) is 0 Å².